The van der Waals surface area contributed by atoms with Crippen LogP contribution >= 0.6 is 0 Å². The Hall–Kier alpha value is -2.51. The molecule has 0 fully saturated rings. The Kier molecular flexibility index (Phi) is 5.39. The summed E-state index contributed by atoms with van der Waals surface area (Å²) in [5.41, 5.74) is -0.295. The van der Waals surface area contributed by atoms with E-state index in [9.17, 15) is 14.4 Å². The highest BCUT2D eigenvalue weighted by atomic mass is 16.6. The minimum absolute atomic E-state index is 0.114. The second-order valence-electron chi connectivity index (χ2n) is 6.75. The fraction of sp³-hybridized carbons (Fsp3) is 0.588. The first kappa shape index (κ1) is 18.8. The van der Waals surface area contributed by atoms with Gasteiger partial charge in [0.1, 0.15) is 5.60 Å². The number of fused-ring (bicyclic) bond motifs is 1. The van der Waals surface area contributed by atoms with Gasteiger partial charge in [0.15, 0.2) is 5.69 Å². The number of ether oxygens (including phenoxy) is 2. The highest BCUT2D eigenvalue weighted by Gasteiger charge is 2.33. The zero-order valence-corrected chi connectivity index (χ0v) is 15.2. The molecule has 0 saturated carbocycles. The van der Waals surface area contributed by atoms with Crippen LogP contribution in [0.2, 0.25) is 0 Å². The molecule has 0 atom stereocenters. The van der Waals surface area contributed by atoms with Gasteiger partial charge in [0.2, 0.25) is 0 Å². The Bertz CT molecular complexity index is 739. The number of carbonyl (C=O) groups excluding carboxylic acids is 2. The summed E-state index contributed by atoms with van der Waals surface area (Å²) >= 11 is 0. The summed E-state index contributed by atoms with van der Waals surface area (Å²) in [6.45, 7) is 11.8. The molecule has 0 spiro atoms. The molecule has 0 bridgehead atoms. The maximum atomic E-state index is 12.6. The van der Waals surface area contributed by atoms with Crippen molar-refractivity contribution in [2.45, 2.75) is 52.9 Å². The number of carbonyl (C=O) groups is 2. The molecule has 1 aliphatic rings. The van der Waals surface area contributed by atoms with Gasteiger partial charge in [-0.05, 0) is 27.7 Å². The van der Waals surface area contributed by atoms with Crippen LogP contribution in [0.3, 0.4) is 0 Å². The van der Waals surface area contributed by atoms with Gasteiger partial charge in [0, 0.05) is 19.6 Å². The third-order valence-electron chi connectivity index (χ3n) is 3.70. The second kappa shape index (κ2) is 7.16. The minimum atomic E-state index is -0.618. The summed E-state index contributed by atoms with van der Waals surface area (Å²) < 4.78 is 13.3. The lowest BCUT2D eigenvalue weighted by Crippen LogP contribution is -2.43. The Morgan fingerprint density at radius 1 is 1.28 bits per heavy atom. The van der Waals surface area contributed by atoms with Crippen molar-refractivity contribution in [1.29, 1.82) is 0 Å². The normalized spacial score (nSPS) is 14.0. The fourth-order valence-corrected chi connectivity index (χ4v) is 2.72. The lowest BCUT2D eigenvalue weighted by atomic mass is 10.2. The molecule has 0 N–H and O–H groups in total. The standard InChI is InChI=1S/C17H25N3O5/c1-6-8-20-13(14(21)24-7-2)12-11-18(9-10-19(12)15(20)22)16(23)25-17(3,4)5/h6H,1,7-11H2,2-5H3. The van der Waals surface area contributed by atoms with Crippen LogP contribution in [0.1, 0.15) is 43.9 Å². The predicted octanol–water partition coefficient (Wildman–Crippen LogP) is 1.76. The molecule has 2 rings (SSSR count). The molecule has 1 aromatic heterocycles. The van der Waals surface area contributed by atoms with Crippen LogP contribution in [0.15, 0.2) is 17.4 Å². The van der Waals surface area contributed by atoms with Crippen molar-refractivity contribution >= 4 is 12.1 Å². The number of imidazole rings is 1. The number of nitrogens with zero attached hydrogens (tertiary/aromatic N) is 3. The lowest BCUT2D eigenvalue weighted by Gasteiger charge is -2.30. The van der Waals surface area contributed by atoms with Crippen molar-refractivity contribution in [3.05, 3.63) is 34.5 Å². The van der Waals surface area contributed by atoms with E-state index in [-0.39, 0.29) is 31.1 Å². The Morgan fingerprint density at radius 3 is 2.52 bits per heavy atom. The highest BCUT2D eigenvalue weighted by molar-refractivity contribution is 5.89. The maximum Gasteiger partial charge on any atom is 0.410 e. The van der Waals surface area contributed by atoms with E-state index in [2.05, 4.69) is 6.58 Å². The number of esters is 1. The van der Waals surface area contributed by atoms with Gasteiger partial charge in [-0.3, -0.25) is 9.13 Å². The number of amides is 1. The molecule has 0 unspecified atom stereocenters. The molecule has 0 aromatic carbocycles. The van der Waals surface area contributed by atoms with Crippen LogP contribution in [0.25, 0.3) is 0 Å². The van der Waals surface area contributed by atoms with Crippen molar-refractivity contribution in [2.75, 3.05) is 13.2 Å². The summed E-state index contributed by atoms with van der Waals surface area (Å²) in [5.74, 6) is -0.582. The molecule has 1 amide bonds. The summed E-state index contributed by atoms with van der Waals surface area (Å²) in [6, 6.07) is 0. The molecule has 1 aliphatic heterocycles. The van der Waals surface area contributed by atoms with E-state index < -0.39 is 17.7 Å². The van der Waals surface area contributed by atoms with E-state index in [0.29, 0.717) is 18.8 Å². The summed E-state index contributed by atoms with van der Waals surface area (Å²) in [6.07, 6.45) is 1.07. The van der Waals surface area contributed by atoms with E-state index in [1.165, 1.54) is 14.0 Å². The number of aromatic nitrogens is 2. The van der Waals surface area contributed by atoms with Gasteiger partial charge in [-0.25, -0.2) is 14.4 Å². The predicted molar refractivity (Wildman–Crippen MR) is 91.5 cm³/mol. The van der Waals surface area contributed by atoms with E-state index in [1.807, 2.05) is 0 Å². The van der Waals surface area contributed by atoms with Gasteiger partial charge in [0.05, 0.1) is 18.8 Å². The first-order valence-corrected chi connectivity index (χ1v) is 8.27. The van der Waals surface area contributed by atoms with Crippen LogP contribution < -0.4 is 5.69 Å². The zero-order chi connectivity index (χ0) is 18.8. The summed E-state index contributed by atoms with van der Waals surface area (Å²) in [4.78, 5) is 38.8. The van der Waals surface area contributed by atoms with Gasteiger partial charge in [0.25, 0.3) is 0 Å². The smallest absolute Gasteiger partial charge is 0.410 e. The molecule has 138 valence electrons. The van der Waals surface area contributed by atoms with Crippen molar-refractivity contribution in [3.8, 4) is 0 Å². The quantitative estimate of drug-likeness (QED) is 0.610. The third kappa shape index (κ3) is 3.94. The van der Waals surface area contributed by atoms with Crippen LogP contribution in [-0.4, -0.2) is 44.8 Å². The van der Waals surface area contributed by atoms with E-state index in [0.717, 1.165) is 0 Å². The van der Waals surface area contributed by atoms with E-state index in [4.69, 9.17) is 9.47 Å². The first-order valence-electron chi connectivity index (χ1n) is 8.27. The van der Waals surface area contributed by atoms with E-state index in [1.54, 1.807) is 33.8 Å². The third-order valence-corrected chi connectivity index (χ3v) is 3.70. The molecule has 0 aliphatic carbocycles. The number of rotatable bonds is 4. The van der Waals surface area contributed by atoms with Gasteiger partial charge < -0.3 is 14.4 Å². The van der Waals surface area contributed by atoms with Crippen molar-refractivity contribution in [1.82, 2.24) is 14.0 Å². The lowest BCUT2D eigenvalue weighted by molar-refractivity contribution is 0.0193. The Morgan fingerprint density at radius 2 is 1.96 bits per heavy atom. The van der Waals surface area contributed by atoms with Crippen molar-refractivity contribution in [3.63, 3.8) is 0 Å². The largest absolute Gasteiger partial charge is 0.461 e. The van der Waals surface area contributed by atoms with Gasteiger partial charge in [-0.15, -0.1) is 6.58 Å². The maximum absolute atomic E-state index is 12.6. The molecule has 1 aromatic rings. The average Bonchev–Trinajstić information content (AvgIpc) is 2.78. The zero-order valence-electron chi connectivity index (χ0n) is 15.2. The minimum Gasteiger partial charge on any atom is -0.461 e. The van der Waals surface area contributed by atoms with Crippen LogP contribution in [0.4, 0.5) is 4.79 Å². The second-order valence-corrected chi connectivity index (χ2v) is 6.75. The van der Waals surface area contributed by atoms with Gasteiger partial charge in [-0.2, -0.15) is 0 Å². The number of allylic oxidation sites excluding steroid dienone is 1. The first-order chi connectivity index (χ1) is 11.7. The fourth-order valence-electron chi connectivity index (χ4n) is 2.72. The molecule has 0 radical (unpaired) electrons. The molecule has 8 heteroatoms. The van der Waals surface area contributed by atoms with Crippen molar-refractivity contribution in [2.24, 2.45) is 0 Å². The Balaban J connectivity index is 2.41. The van der Waals surface area contributed by atoms with Gasteiger partial charge in [-0.1, -0.05) is 6.08 Å². The number of hydrogen-bond acceptors (Lipinski definition) is 5. The van der Waals surface area contributed by atoms with E-state index >= 15 is 0 Å². The topological polar surface area (TPSA) is 82.8 Å². The van der Waals surface area contributed by atoms with Crippen LogP contribution in [0.5, 0.6) is 0 Å². The summed E-state index contributed by atoms with van der Waals surface area (Å²) in [5, 5.41) is 0. The van der Waals surface area contributed by atoms with Crippen LogP contribution in [-0.2, 0) is 29.1 Å². The molecule has 2 heterocycles. The molecule has 0 saturated heterocycles. The van der Waals surface area contributed by atoms with Gasteiger partial charge >= 0.3 is 17.8 Å². The highest BCUT2D eigenvalue weighted by Crippen LogP contribution is 2.20. The average molecular weight is 351 g/mol. The molecule has 25 heavy (non-hydrogen) atoms. The van der Waals surface area contributed by atoms with Crippen molar-refractivity contribution < 1.29 is 19.1 Å². The number of hydrogen-bond donors (Lipinski definition) is 0. The molecular weight excluding hydrogens is 326 g/mol. The monoisotopic (exact) mass is 351 g/mol. The van der Waals surface area contributed by atoms with Crippen LogP contribution in [0, 0.1) is 0 Å². The molecular formula is C17H25N3O5. The summed E-state index contributed by atoms with van der Waals surface area (Å²) in [7, 11) is 0. The Labute approximate surface area is 146 Å². The molecule has 8 nitrogen and oxygen atoms in total. The SMILES string of the molecule is C=CCn1c(C(=O)OCC)c2n(c1=O)CCN(C(=O)OC(C)(C)C)C2.